The van der Waals surface area contributed by atoms with Crippen molar-refractivity contribution < 1.29 is 55.3 Å². The molecule has 0 aromatic heterocycles. The van der Waals surface area contributed by atoms with E-state index in [1.54, 1.807) is 19.1 Å². The molecule has 1 aliphatic rings. The van der Waals surface area contributed by atoms with E-state index in [1.165, 1.54) is 18.1 Å². The van der Waals surface area contributed by atoms with Crippen molar-refractivity contribution in [3.63, 3.8) is 0 Å². The predicted molar refractivity (Wildman–Crippen MR) is 120 cm³/mol. The first-order chi connectivity index (χ1) is 15.2. The van der Waals surface area contributed by atoms with Gasteiger partial charge in [0.15, 0.2) is 11.8 Å². The molecule has 0 radical (unpaired) electrons. The minimum Gasteiger partial charge on any atom is -1.00 e. The third kappa shape index (κ3) is 6.31. The van der Waals surface area contributed by atoms with Crippen molar-refractivity contribution in [3.8, 4) is 11.1 Å². The number of likely N-dealkylation sites (N-methyl/N-ethyl adjacent to an activating group) is 1. The number of carboxylic acid groups (broad SMARTS) is 1. The normalized spacial score (nSPS) is 16.4. The van der Waals surface area contributed by atoms with Gasteiger partial charge in [-0.05, 0) is 42.2 Å². The molecule has 3 rings (SSSR count). The van der Waals surface area contributed by atoms with E-state index in [0.717, 1.165) is 16.7 Å². The van der Waals surface area contributed by atoms with Gasteiger partial charge >= 0.3 is 41.6 Å². The molecule has 2 aromatic rings. The molecule has 2 atom stereocenters. The molecular formula is C24H26N3NaO5. The molecule has 0 fully saturated rings. The smallest absolute Gasteiger partial charge is 1.00 e. The number of ketones is 1. The number of rotatable bonds is 6. The van der Waals surface area contributed by atoms with Crippen LogP contribution in [0.1, 0.15) is 31.9 Å². The fourth-order valence-corrected chi connectivity index (χ4v) is 3.67. The van der Waals surface area contributed by atoms with Crippen molar-refractivity contribution in [1.82, 2.24) is 15.5 Å². The summed E-state index contributed by atoms with van der Waals surface area (Å²) in [6.45, 7) is 3.54. The fourth-order valence-electron chi connectivity index (χ4n) is 3.67. The zero-order valence-electron chi connectivity index (χ0n) is 20.1. The van der Waals surface area contributed by atoms with Crippen LogP contribution in [0, 0.1) is 6.92 Å². The van der Waals surface area contributed by atoms with Gasteiger partial charge in [-0.2, -0.15) is 0 Å². The van der Waals surface area contributed by atoms with E-state index in [2.05, 4.69) is 10.6 Å². The summed E-state index contributed by atoms with van der Waals surface area (Å²) in [5.41, 5.74) is 3.88. The Morgan fingerprint density at radius 2 is 1.82 bits per heavy atom. The van der Waals surface area contributed by atoms with Crippen LogP contribution in [0.4, 0.5) is 4.79 Å². The quantitative estimate of drug-likeness (QED) is 0.413. The van der Waals surface area contributed by atoms with Crippen LogP contribution in [0.15, 0.2) is 60.3 Å². The molecule has 2 unspecified atom stereocenters. The number of hydrogen-bond donors (Lipinski definition) is 3. The maximum absolute atomic E-state index is 12.6. The molecule has 1 aliphatic heterocycles. The Balaban J connectivity index is 0.00000289. The number of benzene rings is 2. The van der Waals surface area contributed by atoms with E-state index >= 15 is 0 Å². The summed E-state index contributed by atoms with van der Waals surface area (Å²) in [5, 5.41) is 14.4. The minimum absolute atomic E-state index is 0. The van der Waals surface area contributed by atoms with Crippen LogP contribution in [-0.2, 0) is 14.4 Å². The standard InChI is InChI=1S/C24H25N3O5.Na.H/c1-14-7-4-5-10-18(14)16-8-6-9-17(11-16)19(12-20(28)29)25-24(32)26-21-22(30)15(2)13-27(3)23(21)31;;/h4-11,13,19,21H,12H2,1-3H3,(H,28,29)(H2,25,26,32);;/q;+1;-1. The number of urea groups is 1. The zero-order valence-corrected chi connectivity index (χ0v) is 21.1. The maximum Gasteiger partial charge on any atom is 1.00 e. The number of carboxylic acids is 1. The summed E-state index contributed by atoms with van der Waals surface area (Å²) < 4.78 is 0. The molecule has 0 saturated heterocycles. The van der Waals surface area contributed by atoms with Crippen LogP contribution in [0.3, 0.4) is 0 Å². The zero-order chi connectivity index (χ0) is 23.4. The fraction of sp³-hybridized carbons (Fsp3) is 0.250. The Hall–Kier alpha value is -2.94. The molecule has 8 nitrogen and oxygen atoms in total. The van der Waals surface area contributed by atoms with Gasteiger partial charge in [-0.1, -0.05) is 42.5 Å². The number of nitrogens with one attached hydrogen (secondary N) is 2. The molecule has 3 N–H and O–H groups in total. The van der Waals surface area contributed by atoms with E-state index in [0.29, 0.717) is 11.1 Å². The average Bonchev–Trinajstić information content (AvgIpc) is 2.75. The topological polar surface area (TPSA) is 116 Å². The SMILES string of the molecule is CC1=CN(C)C(=O)C(NC(=O)NC(CC(=O)O)c2cccc(-c3ccccc3C)c2)C1=O.[H-].[Na+]. The van der Waals surface area contributed by atoms with E-state index in [-0.39, 0.29) is 37.4 Å². The monoisotopic (exact) mass is 459 g/mol. The summed E-state index contributed by atoms with van der Waals surface area (Å²) in [5.74, 6) is -2.16. The Bertz CT molecular complexity index is 1120. The first-order valence-electron chi connectivity index (χ1n) is 10.1. The Morgan fingerprint density at radius 3 is 2.48 bits per heavy atom. The van der Waals surface area contributed by atoms with Gasteiger partial charge < -0.3 is 22.1 Å². The van der Waals surface area contributed by atoms with Gasteiger partial charge in [0.1, 0.15) is 0 Å². The van der Waals surface area contributed by atoms with Crippen LogP contribution < -0.4 is 40.2 Å². The second kappa shape index (κ2) is 11.3. The molecule has 33 heavy (non-hydrogen) atoms. The number of amides is 3. The van der Waals surface area contributed by atoms with Gasteiger partial charge in [-0.3, -0.25) is 14.4 Å². The van der Waals surface area contributed by atoms with Crippen molar-refractivity contribution in [2.75, 3.05) is 7.05 Å². The summed E-state index contributed by atoms with van der Waals surface area (Å²) >= 11 is 0. The number of aryl methyl sites for hydroxylation is 1. The first kappa shape index (κ1) is 26.3. The molecule has 9 heteroatoms. The Kier molecular flexibility index (Phi) is 8.99. The summed E-state index contributed by atoms with van der Waals surface area (Å²) in [4.78, 5) is 50.0. The van der Waals surface area contributed by atoms with E-state index in [9.17, 15) is 24.3 Å². The average molecular weight is 459 g/mol. The van der Waals surface area contributed by atoms with Gasteiger partial charge in [0.2, 0.25) is 0 Å². The van der Waals surface area contributed by atoms with Crippen molar-refractivity contribution in [2.24, 2.45) is 0 Å². The second-order valence-electron chi connectivity index (χ2n) is 7.77. The number of aliphatic carboxylic acids is 1. The molecule has 0 spiro atoms. The van der Waals surface area contributed by atoms with Gasteiger partial charge in [-0.15, -0.1) is 0 Å². The number of Topliss-reactive ketones (excluding diaryl/α,β-unsaturated/α-hetero) is 1. The molecule has 0 saturated carbocycles. The molecule has 3 amide bonds. The van der Waals surface area contributed by atoms with E-state index < -0.39 is 35.8 Å². The van der Waals surface area contributed by atoms with Gasteiger partial charge in [0.25, 0.3) is 5.91 Å². The molecule has 0 bridgehead atoms. The Labute approximate surface area is 215 Å². The largest absolute Gasteiger partial charge is 1.00 e. The van der Waals surface area contributed by atoms with Crippen molar-refractivity contribution in [3.05, 3.63) is 71.4 Å². The van der Waals surface area contributed by atoms with Crippen LogP contribution in [0.2, 0.25) is 0 Å². The van der Waals surface area contributed by atoms with Crippen LogP contribution >= 0.6 is 0 Å². The van der Waals surface area contributed by atoms with Gasteiger partial charge in [0.05, 0.1) is 12.5 Å². The first-order valence-corrected chi connectivity index (χ1v) is 10.1. The number of carbonyl (C=O) groups excluding carboxylic acids is 3. The third-order valence-corrected chi connectivity index (χ3v) is 5.34. The maximum atomic E-state index is 12.6. The summed E-state index contributed by atoms with van der Waals surface area (Å²) in [7, 11) is 1.50. The molecule has 168 valence electrons. The van der Waals surface area contributed by atoms with E-state index in [4.69, 9.17) is 0 Å². The van der Waals surface area contributed by atoms with Crippen molar-refractivity contribution in [2.45, 2.75) is 32.4 Å². The number of hydrogen-bond acceptors (Lipinski definition) is 4. The molecule has 0 aliphatic carbocycles. The van der Waals surface area contributed by atoms with Crippen molar-refractivity contribution >= 4 is 23.7 Å². The molecule has 1 heterocycles. The summed E-state index contributed by atoms with van der Waals surface area (Å²) in [6.07, 6.45) is 1.04. The van der Waals surface area contributed by atoms with Gasteiger partial charge in [-0.25, -0.2) is 4.79 Å². The van der Waals surface area contributed by atoms with Crippen LogP contribution in [0.5, 0.6) is 0 Å². The van der Waals surface area contributed by atoms with E-state index in [1.807, 2.05) is 43.3 Å². The van der Waals surface area contributed by atoms with Crippen LogP contribution in [0.25, 0.3) is 11.1 Å². The number of nitrogens with zero attached hydrogens (tertiary/aromatic N) is 1. The Morgan fingerprint density at radius 1 is 1.12 bits per heavy atom. The van der Waals surface area contributed by atoms with Crippen LogP contribution in [-0.4, -0.2) is 46.8 Å². The predicted octanol–water partition coefficient (Wildman–Crippen LogP) is -0.0930. The summed E-state index contributed by atoms with van der Waals surface area (Å²) in [6, 6.07) is 12.0. The number of carbonyl (C=O) groups is 4. The van der Waals surface area contributed by atoms with Gasteiger partial charge in [0, 0.05) is 18.8 Å². The third-order valence-electron chi connectivity index (χ3n) is 5.34. The second-order valence-corrected chi connectivity index (χ2v) is 7.77. The molecule has 2 aromatic carbocycles. The minimum atomic E-state index is -1.35. The van der Waals surface area contributed by atoms with Crippen molar-refractivity contribution in [1.29, 1.82) is 0 Å². The molecular weight excluding hydrogens is 433 g/mol.